The van der Waals surface area contributed by atoms with E-state index in [0.29, 0.717) is 17.2 Å². The summed E-state index contributed by atoms with van der Waals surface area (Å²) in [6, 6.07) is 16.2. The number of rotatable bonds is 9. The fourth-order valence-corrected chi connectivity index (χ4v) is 3.19. The zero-order valence-corrected chi connectivity index (χ0v) is 18.3. The molecule has 3 aromatic rings. The molecule has 0 aliphatic rings. The first kappa shape index (κ1) is 23.5. The molecular weight excluding hydrogens is 427 g/mol. The summed E-state index contributed by atoms with van der Waals surface area (Å²) in [7, 11) is 0. The number of amides is 1. The predicted octanol–water partition coefficient (Wildman–Crippen LogP) is 4.72. The van der Waals surface area contributed by atoms with Crippen LogP contribution in [0.3, 0.4) is 0 Å². The number of ether oxygens (including phenoxy) is 2. The molecular formula is C25H23FN2O5. The zero-order chi connectivity index (χ0) is 23.8. The average Bonchev–Trinajstić information content (AvgIpc) is 3.26. The first-order valence-electron chi connectivity index (χ1n) is 10.3. The second kappa shape index (κ2) is 11.0. The van der Waals surface area contributed by atoms with E-state index in [-0.39, 0.29) is 31.1 Å². The Balaban J connectivity index is 1.58. The smallest absolute Gasteiger partial charge is 0.374 e. The summed E-state index contributed by atoms with van der Waals surface area (Å²) in [5, 5.41) is 8.94. The van der Waals surface area contributed by atoms with Crippen LogP contribution in [0.25, 0.3) is 0 Å². The lowest BCUT2D eigenvalue weighted by Gasteiger charge is -2.22. The van der Waals surface area contributed by atoms with Crippen molar-refractivity contribution in [3.05, 3.63) is 83.1 Å². The number of nitriles is 1. The molecule has 0 fully saturated rings. The Morgan fingerprint density at radius 3 is 2.42 bits per heavy atom. The van der Waals surface area contributed by atoms with E-state index >= 15 is 0 Å². The van der Waals surface area contributed by atoms with Crippen LogP contribution in [0.15, 0.2) is 59.0 Å². The van der Waals surface area contributed by atoms with Crippen LogP contribution in [0.4, 0.5) is 10.1 Å². The van der Waals surface area contributed by atoms with Gasteiger partial charge in [0.15, 0.2) is 6.61 Å². The van der Waals surface area contributed by atoms with Gasteiger partial charge in [-0.25, -0.2) is 9.18 Å². The van der Waals surface area contributed by atoms with Gasteiger partial charge in [-0.15, -0.1) is 0 Å². The molecule has 0 saturated heterocycles. The fourth-order valence-electron chi connectivity index (χ4n) is 3.19. The molecule has 0 saturated carbocycles. The van der Waals surface area contributed by atoms with Gasteiger partial charge >= 0.3 is 5.97 Å². The molecule has 8 heteroatoms. The molecule has 1 heterocycles. The maximum atomic E-state index is 12.9. The molecule has 0 N–H and O–H groups in total. The topological polar surface area (TPSA) is 92.8 Å². The van der Waals surface area contributed by atoms with Crippen molar-refractivity contribution in [2.45, 2.75) is 26.9 Å². The molecule has 0 bridgehead atoms. The Hall–Kier alpha value is -4.12. The highest BCUT2D eigenvalue weighted by Crippen LogP contribution is 2.20. The predicted molar refractivity (Wildman–Crippen MR) is 118 cm³/mol. The molecule has 0 spiro atoms. The number of benzene rings is 2. The first-order chi connectivity index (χ1) is 15.9. The number of hydrogen-bond acceptors (Lipinski definition) is 6. The molecule has 7 nitrogen and oxygen atoms in total. The number of carbonyl (C=O) groups is 2. The molecule has 1 aromatic heterocycles. The highest BCUT2D eigenvalue weighted by atomic mass is 19.1. The average molecular weight is 450 g/mol. The lowest BCUT2D eigenvalue weighted by Crippen LogP contribution is -2.35. The maximum Gasteiger partial charge on any atom is 0.374 e. The number of esters is 1. The molecule has 1 amide bonds. The number of aryl methyl sites for hydroxylation is 2. The number of nitrogens with zero attached hydrogens (tertiary/aromatic N) is 2. The first-order valence-corrected chi connectivity index (χ1v) is 10.3. The highest BCUT2D eigenvalue weighted by Gasteiger charge is 2.20. The largest absolute Gasteiger partial charge is 0.486 e. The second-order valence-corrected chi connectivity index (χ2v) is 7.38. The number of furan rings is 1. The minimum absolute atomic E-state index is 0.0342. The van der Waals surface area contributed by atoms with Gasteiger partial charge in [-0.1, -0.05) is 6.07 Å². The highest BCUT2D eigenvalue weighted by molar-refractivity contribution is 5.96. The number of anilines is 1. The number of hydrogen-bond donors (Lipinski definition) is 0. The van der Waals surface area contributed by atoms with Crippen molar-refractivity contribution in [1.82, 2.24) is 0 Å². The summed E-state index contributed by atoms with van der Waals surface area (Å²) in [6.45, 7) is 3.54. The van der Waals surface area contributed by atoms with E-state index in [1.165, 1.54) is 35.2 Å². The van der Waals surface area contributed by atoms with Crippen LogP contribution in [0.1, 0.15) is 33.9 Å². The third kappa shape index (κ3) is 6.68. The van der Waals surface area contributed by atoms with E-state index in [2.05, 4.69) is 0 Å². The van der Waals surface area contributed by atoms with Crippen molar-refractivity contribution in [1.29, 1.82) is 5.26 Å². The minimum atomic E-state index is -0.794. The van der Waals surface area contributed by atoms with Crippen molar-refractivity contribution >= 4 is 17.6 Å². The van der Waals surface area contributed by atoms with Gasteiger partial charge in [-0.3, -0.25) is 4.79 Å². The summed E-state index contributed by atoms with van der Waals surface area (Å²) < 4.78 is 29.0. The van der Waals surface area contributed by atoms with E-state index < -0.39 is 18.5 Å². The Bertz CT molecular complexity index is 1140. The van der Waals surface area contributed by atoms with Crippen molar-refractivity contribution in [3.8, 4) is 11.8 Å². The Morgan fingerprint density at radius 2 is 1.76 bits per heavy atom. The van der Waals surface area contributed by atoms with Crippen LogP contribution >= 0.6 is 0 Å². The molecule has 2 aromatic carbocycles. The van der Waals surface area contributed by atoms with Gasteiger partial charge < -0.3 is 18.8 Å². The molecule has 33 heavy (non-hydrogen) atoms. The SMILES string of the molecule is Cc1cc(C)cc(N(CCC#N)C(=O)COC(=O)c2ccc(COc3ccc(F)cc3)o2)c1. The van der Waals surface area contributed by atoms with Gasteiger partial charge in [0.05, 0.1) is 12.5 Å². The van der Waals surface area contributed by atoms with Gasteiger partial charge in [0, 0.05) is 12.2 Å². The van der Waals surface area contributed by atoms with Crippen LogP contribution in [0.5, 0.6) is 5.75 Å². The van der Waals surface area contributed by atoms with Crippen molar-refractivity contribution in [2.75, 3.05) is 18.1 Å². The van der Waals surface area contributed by atoms with Crippen molar-refractivity contribution in [3.63, 3.8) is 0 Å². The van der Waals surface area contributed by atoms with E-state index in [0.717, 1.165) is 11.1 Å². The summed E-state index contributed by atoms with van der Waals surface area (Å²) in [4.78, 5) is 26.5. The normalized spacial score (nSPS) is 10.4. The summed E-state index contributed by atoms with van der Waals surface area (Å²) in [6.07, 6.45) is 0.141. The van der Waals surface area contributed by atoms with E-state index in [9.17, 15) is 14.0 Å². The van der Waals surface area contributed by atoms with Crippen molar-refractivity contribution < 1.29 is 27.9 Å². The molecule has 0 aliphatic carbocycles. The van der Waals surface area contributed by atoms with Gasteiger partial charge in [0.2, 0.25) is 5.76 Å². The molecule has 0 atom stereocenters. The van der Waals surface area contributed by atoms with Crippen LogP contribution in [-0.2, 0) is 16.1 Å². The molecule has 0 radical (unpaired) electrons. The Labute approximate surface area is 190 Å². The monoisotopic (exact) mass is 450 g/mol. The maximum absolute atomic E-state index is 12.9. The zero-order valence-electron chi connectivity index (χ0n) is 18.3. The van der Waals surface area contributed by atoms with E-state index in [1.807, 2.05) is 38.1 Å². The van der Waals surface area contributed by atoms with Crippen LogP contribution in [0, 0.1) is 31.0 Å². The van der Waals surface area contributed by atoms with E-state index in [1.54, 1.807) is 6.07 Å². The second-order valence-electron chi connectivity index (χ2n) is 7.38. The summed E-state index contributed by atoms with van der Waals surface area (Å²) in [5.41, 5.74) is 2.59. The summed E-state index contributed by atoms with van der Waals surface area (Å²) >= 11 is 0. The molecule has 170 valence electrons. The molecule has 0 aliphatic heterocycles. The third-order valence-electron chi connectivity index (χ3n) is 4.65. The number of halogens is 1. The molecule has 0 unspecified atom stereocenters. The Morgan fingerprint density at radius 1 is 1.06 bits per heavy atom. The van der Waals surface area contributed by atoms with Crippen LogP contribution in [-0.4, -0.2) is 25.0 Å². The van der Waals surface area contributed by atoms with Gasteiger partial charge in [0.25, 0.3) is 5.91 Å². The quantitative estimate of drug-likeness (QED) is 0.438. The minimum Gasteiger partial charge on any atom is -0.486 e. The van der Waals surface area contributed by atoms with Crippen molar-refractivity contribution in [2.24, 2.45) is 0 Å². The summed E-state index contributed by atoms with van der Waals surface area (Å²) in [5.74, 6) is -0.874. The van der Waals surface area contributed by atoms with Crippen LogP contribution < -0.4 is 9.64 Å². The van der Waals surface area contributed by atoms with Gasteiger partial charge in [-0.05, 0) is 73.5 Å². The lowest BCUT2D eigenvalue weighted by atomic mass is 10.1. The van der Waals surface area contributed by atoms with Gasteiger partial charge in [0.1, 0.15) is 23.9 Å². The fraction of sp³-hybridized carbons (Fsp3) is 0.240. The third-order valence-corrected chi connectivity index (χ3v) is 4.65. The standard InChI is InChI=1S/C25H23FN2O5/c1-17-12-18(2)14-20(13-17)28(11-3-10-27)24(29)16-32-25(30)23-9-8-22(33-23)15-31-21-6-4-19(26)5-7-21/h4-9,12-14H,3,11,15-16H2,1-2H3. The number of carbonyl (C=O) groups excluding carboxylic acids is 2. The lowest BCUT2D eigenvalue weighted by molar-refractivity contribution is -0.121. The Kier molecular flexibility index (Phi) is 7.82. The molecule has 3 rings (SSSR count). The van der Waals surface area contributed by atoms with E-state index in [4.69, 9.17) is 19.2 Å². The van der Waals surface area contributed by atoms with Gasteiger partial charge in [-0.2, -0.15) is 5.26 Å². The van der Waals surface area contributed by atoms with Crippen LogP contribution in [0.2, 0.25) is 0 Å².